The van der Waals surface area contributed by atoms with Crippen LogP contribution < -0.4 is 4.90 Å². The Balaban J connectivity index is 2.10. The lowest BCUT2D eigenvalue weighted by molar-refractivity contribution is -0.118. The third-order valence-electron chi connectivity index (χ3n) is 3.10. The zero-order valence-electron chi connectivity index (χ0n) is 10.3. The van der Waals surface area contributed by atoms with Gasteiger partial charge in [-0.1, -0.05) is 5.16 Å². The van der Waals surface area contributed by atoms with Crippen molar-refractivity contribution >= 4 is 18.4 Å². The van der Waals surface area contributed by atoms with Crippen molar-refractivity contribution in [3.05, 3.63) is 23.4 Å². The van der Waals surface area contributed by atoms with Gasteiger partial charge >= 0.3 is 0 Å². The Morgan fingerprint density at radius 2 is 2.06 bits per heavy atom. The minimum atomic E-state index is 0.726. The molecule has 1 aromatic rings. The molecule has 0 aromatic carbocycles. The summed E-state index contributed by atoms with van der Waals surface area (Å²) in [4.78, 5) is 19.0. The van der Waals surface area contributed by atoms with Gasteiger partial charge in [-0.2, -0.15) is 0 Å². The summed E-state index contributed by atoms with van der Waals surface area (Å²) in [6, 6.07) is 3.78. The average Bonchev–Trinajstić information content (AvgIpc) is 2.41. The molecule has 0 aliphatic carbocycles. The van der Waals surface area contributed by atoms with E-state index in [0.717, 1.165) is 49.7 Å². The van der Waals surface area contributed by atoms with Gasteiger partial charge in [0.25, 0.3) is 0 Å². The highest BCUT2D eigenvalue weighted by atomic mass is 16.4. The summed E-state index contributed by atoms with van der Waals surface area (Å²) in [6.07, 6.45) is 2.26. The second-order valence-corrected chi connectivity index (χ2v) is 4.22. The molecular formula is C12H16N4O2. The summed E-state index contributed by atoms with van der Waals surface area (Å²) in [7, 11) is 0. The van der Waals surface area contributed by atoms with Gasteiger partial charge in [0.1, 0.15) is 5.82 Å². The molecule has 1 N–H and O–H groups in total. The van der Waals surface area contributed by atoms with E-state index in [4.69, 9.17) is 5.21 Å². The number of carbonyl (C=O) groups excluding carboxylic acids is 1. The Kier molecular flexibility index (Phi) is 3.76. The number of pyridine rings is 1. The Morgan fingerprint density at radius 3 is 2.61 bits per heavy atom. The second kappa shape index (κ2) is 5.48. The van der Waals surface area contributed by atoms with Crippen LogP contribution in [-0.4, -0.2) is 53.9 Å². The van der Waals surface area contributed by atoms with E-state index in [-0.39, 0.29) is 0 Å². The largest absolute Gasteiger partial charge is 0.411 e. The Morgan fingerprint density at radius 1 is 1.33 bits per heavy atom. The van der Waals surface area contributed by atoms with Crippen LogP contribution in [-0.2, 0) is 4.79 Å². The zero-order valence-corrected chi connectivity index (χ0v) is 10.3. The number of piperazine rings is 1. The number of hydrogen-bond acceptors (Lipinski definition) is 5. The fourth-order valence-corrected chi connectivity index (χ4v) is 1.99. The maximum Gasteiger partial charge on any atom is 0.209 e. The van der Waals surface area contributed by atoms with Crippen molar-refractivity contribution in [2.45, 2.75) is 6.92 Å². The molecule has 96 valence electrons. The number of nitrogens with zero attached hydrogens (tertiary/aromatic N) is 4. The normalized spacial score (nSPS) is 16.3. The molecule has 18 heavy (non-hydrogen) atoms. The molecule has 0 spiro atoms. The van der Waals surface area contributed by atoms with Crippen LogP contribution in [0, 0.1) is 6.92 Å². The molecule has 0 unspecified atom stereocenters. The van der Waals surface area contributed by atoms with Crippen LogP contribution in [0.2, 0.25) is 0 Å². The van der Waals surface area contributed by atoms with Crippen molar-refractivity contribution in [3.63, 3.8) is 0 Å². The lowest BCUT2D eigenvalue weighted by Gasteiger charge is -2.33. The molecule has 6 nitrogen and oxygen atoms in total. The summed E-state index contributed by atoms with van der Waals surface area (Å²) in [5, 5.41) is 11.5. The second-order valence-electron chi connectivity index (χ2n) is 4.22. The Bertz CT molecular complexity index is 453. The van der Waals surface area contributed by atoms with E-state index in [2.05, 4.69) is 15.0 Å². The first-order valence-corrected chi connectivity index (χ1v) is 5.84. The van der Waals surface area contributed by atoms with E-state index < -0.39 is 0 Å². The first-order chi connectivity index (χ1) is 8.74. The topological polar surface area (TPSA) is 69.0 Å². The monoisotopic (exact) mass is 248 g/mol. The smallest absolute Gasteiger partial charge is 0.209 e. The van der Waals surface area contributed by atoms with E-state index in [0.29, 0.717) is 0 Å². The average molecular weight is 248 g/mol. The molecule has 0 saturated carbocycles. The summed E-state index contributed by atoms with van der Waals surface area (Å²) >= 11 is 0. The van der Waals surface area contributed by atoms with Crippen LogP contribution in [0.1, 0.15) is 11.3 Å². The molecule has 2 rings (SSSR count). The first kappa shape index (κ1) is 12.3. The van der Waals surface area contributed by atoms with Gasteiger partial charge in [-0.25, -0.2) is 4.98 Å². The molecule has 1 amide bonds. The van der Waals surface area contributed by atoms with Gasteiger partial charge in [0.05, 0.1) is 6.21 Å². The van der Waals surface area contributed by atoms with E-state index in [1.165, 1.54) is 6.21 Å². The molecule has 0 radical (unpaired) electrons. The number of carbonyl (C=O) groups is 1. The molecule has 2 heterocycles. The molecule has 1 aliphatic rings. The highest BCUT2D eigenvalue weighted by molar-refractivity contribution is 5.80. The maximum atomic E-state index is 10.6. The Labute approximate surface area is 106 Å². The van der Waals surface area contributed by atoms with Gasteiger partial charge in [0.15, 0.2) is 0 Å². The van der Waals surface area contributed by atoms with E-state index in [9.17, 15) is 4.79 Å². The van der Waals surface area contributed by atoms with E-state index >= 15 is 0 Å². The van der Waals surface area contributed by atoms with Crippen molar-refractivity contribution in [2.75, 3.05) is 31.1 Å². The summed E-state index contributed by atoms with van der Waals surface area (Å²) < 4.78 is 0. The predicted molar refractivity (Wildman–Crippen MR) is 68.2 cm³/mol. The number of anilines is 1. The highest BCUT2D eigenvalue weighted by Gasteiger charge is 2.16. The standard InChI is InChI=1S/C12H16N4O2/c1-10-11(8-13-18)2-3-12(14-10)16-6-4-15(9-17)5-7-16/h2-3,8-9,18H,4-7H2,1H3/b13-8-. The van der Waals surface area contributed by atoms with Gasteiger partial charge < -0.3 is 15.0 Å². The van der Waals surface area contributed by atoms with Gasteiger partial charge in [0, 0.05) is 37.4 Å². The van der Waals surface area contributed by atoms with Gasteiger partial charge in [-0.05, 0) is 19.1 Å². The van der Waals surface area contributed by atoms with Crippen LogP contribution in [0.25, 0.3) is 0 Å². The van der Waals surface area contributed by atoms with Crippen LogP contribution in [0.3, 0.4) is 0 Å². The predicted octanol–water partition coefficient (Wildman–Crippen LogP) is 0.477. The van der Waals surface area contributed by atoms with Crippen LogP contribution in [0.4, 0.5) is 5.82 Å². The Hall–Kier alpha value is -2.11. The SMILES string of the molecule is Cc1nc(N2CCN(C=O)CC2)ccc1/C=N\O. The van der Waals surface area contributed by atoms with Crippen molar-refractivity contribution < 1.29 is 10.0 Å². The third-order valence-corrected chi connectivity index (χ3v) is 3.10. The fourth-order valence-electron chi connectivity index (χ4n) is 1.99. The zero-order chi connectivity index (χ0) is 13.0. The number of oxime groups is 1. The van der Waals surface area contributed by atoms with Crippen LogP contribution >= 0.6 is 0 Å². The van der Waals surface area contributed by atoms with Crippen molar-refractivity contribution in [3.8, 4) is 0 Å². The van der Waals surface area contributed by atoms with Crippen molar-refractivity contribution in [2.24, 2.45) is 5.16 Å². The summed E-state index contributed by atoms with van der Waals surface area (Å²) in [5.41, 5.74) is 1.62. The van der Waals surface area contributed by atoms with Crippen molar-refractivity contribution in [1.82, 2.24) is 9.88 Å². The molecule has 6 heteroatoms. The summed E-state index contributed by atoms with van der Waals surface area (Å²) in [5.74, 6) is 0.896. The van der Waals surface area contributed by atoms with E-state index in [1.54, 1.807) is 4.90 Å². The number of hydrogen-bond donors (Lipinski definition) is 1. The van der Waals surface area contributed by atoms with Gasteiger partial charge in [0.2, 0.25) is 6.41 Å². The minimum Gasteiger partial charge on any atom is -0.411 e. The first-order valence-electron chi connectivity index (χ1n) is 5.84. The van der Waals surface area contributed by atoms with Crippen LogP contribution in [0.15, 0.2) is 17.3 Å². The summed E-state index contributed by atoms with van der Waals surface area (Å²) in [6.45, 7) is 4.91. The molecule has 1 aromatic heterocycles. The lowest BCUT2D eigenvalue weighted by Crippen LogP contribution is -2.46. The molecule has 1 saturated heterocycles. The maximum absolute atomic E-state index is 10.6. The molecule has 0 atom stereocenters. The van der Waals surface area contributed by atoms with Gasteiger partial charge in [-0.15, -0.1) is 0 Å². The minimum absolute atomic E-state index is 0.726. The van der Waals surface area contributed by atoms with E-state index in [1.807, 2.05) is 19.1 Å². The number of aromatic nitrogens is 1. The van der Waals surface area contributed by atoms with Crippen molar-refractivity contribution in [1.29, 1.82) is 0 Å². The number of amides is 1. The number of rotatable bonds is 3. The lowest BCUT2D eigenvalue weighted by atomic mass is 10.2. The molecule has 0 bridgehead atoms. The molecular weight excluding hydrogens is 232 g/mol. The molecule has 1 aliphatic heterocycles. The fraction of sp³-hybridized carbons (Fsp3) is 0.417. The highest BCUT2D eigenvalue weighted by Crippen LogP contribution is 2.15. The molecule has 1 fully saturated rings. The quantitative estimate of drug-likeness (QED) is 0.365. The third kappa shape index (κ3) is 2.58. The number of aryl methyl sites for hydroxylation is 1. The van der Waals surface area contributed by atoms with Crippen LogP contribution in [0.5, 0.6) is 0 Å². The van der Waals surface area contributed by atoms with Gasteiger partial charge in [-0.3, -0.25) is 4.79 Å².